The Balaban J connectivity index is 0.00000274. The first kappa shape index (κ1) is 21.3. The molecule has 1 aliphatic rings. The SMILES string of the molecule is CN1CCN(c2ccc(Nc3nc(-c4cccc(CC#N)c4)c4ccsc4n3)cc2F)CC1.[HH]. The molecule has 0 radical (unpaired) electrons. The summed E-state index contributed by atoms with van der Waals surface area (Å²) >= 11 is 1.53. The van der Waals surface area contributed by atoms with Gasteiger partial charge in [-0.15, -0.1) is 11.3 Å². The summed E-state index contributed by atoms with van der Waals surface area (Å²) in [6.07, 6.45) is 0.343. The molecule has 1 aliphatic heterocycles. The monoisotopic (exact) mass is 460 g/mol. The summed E-state index contributed by atoms with van der Waals surface area (Å²) in [5, 5.41) is 15.2. The van der Waals surface area contributed by atoms with Gasteiger partial charge in [0.25, 0.3) is 0 Å². The van der Waals surface area contributed by atoms with E-state index in [2.05, 4.69) is 33.2 Å². The number of thiophene rings is 1. The van der Waals surface area contributed by atoms with Gasteiger partial charge in [-0.2, -0.15) is 5.26 Å². The number of rotatable bonds is 5. The minimum Gasteiger partial charge on any atom is -0.367 e. The van der Waals surface area contributed by atoms with E-state index in [9.17, 15) is 4.39 Å². The van der Waals surface area contributed by atoms with Gasteiger partial charge in [-0.05, 0) is 48.3 Å². The maximum Gasteiger partial charge on any atom is 0.229 e. The summed E-state index contributed by atoms with van der Waals surface area (Å²) in [6.45, 7) is 3.47. The van der Waals surface area contributed by atoms with Crippen LogP contribution in [0.25, 0.3) is 21.5 Å². The molecule has 0 aliphatic carbocycles. The van der Waals surface area contributed by atoms with E-state index >= 15 is 0 Å². The number of nitriles is 1. The molecule has 2 aromatic heterocycles. The molecule has 0 amide bonds. The van der Waals surface area contributed by atoms with E-state index in [-0.39, 0.29) is 7.24 Å². The van der Waals surface area contributed by atoms with Crippen LogP contribution in [-0.4, -0.2) is 48.1 Å². The zero-order chi connectivity index (χ0) is 22.8. The molecule has 0 atom stereocenters. The summed E-state index contributed by atoms with van der Waals surface area (Å²) in [5.74, 6) is 0.156. The normalized spacial score (nSPS) is 14.4. The number of benzene rings is 2. The van der Waals surface area contributed by atoms with Crippen molar-refractivity contribution < 1.29 is 5.82 Å². The lowest BCUT2D eigenvalue weighted by Crippen LogP contribution is -2.44. The zero-order valence-electron chi connectivity index (χ0n) is 18.3. The first-order chi connectivity index (χ1) is 16.1. The Kier molecular flexibility index (Phi) is 5.90. The number of anilines is 3. The van der Waals surface area contributed by atoms with Gasteiger partial charge in [0.2, 0.25) is 5.95 Å². The van der Waals surface area contributed by atoms with Crippen molar-refractivity contribution in [1.29, 1.82) is 5.26 Å². The molecular formula is C25H25FN6S. The van der Waals surface area contributed by atoms with Crippen LogP contribution in [0.4, 0.5) is 21.7 Å². The predicted octanol–water partition coefficient (Wildman–Crippen LogP) is 5.30. The van der Waals surface area contributed by atoms with Crippen molar-refractivity contribution in [2.24, 2.45) is 0 Å². The lowest BCUT2D eigenvalue weighted by atomic mass is 10.0. The number of fused-ring (bicyclic) bond motifs is 1. The number of aromatic nitrogens is 2. The molecule has 168 valence electrons. The molecular weight excluding hydrogens is 435 g/mol. The van der Waals surface area contributed by atoms with Crippen molar-refractivity contribution in [3.05, 3.63) is 65.3 Å². The Bertz CT molecular complexity index is 1340. The fourth-order valence-corrected chi connectivity index (χ4v) is 4.83. The number of likely N-dealkylation sites (N-methyl/N-ethyl adjacent to an activating group) is 1. The second kappa shape index (κ2) is 9.14. The maximum atomic E-state index is 14.9. The summed E-state index contributed by atoms with van der Waals surface area (Å²) in [4.78, 5) is 14.6. The van der Waals surface area contributed by atoms with Crippen LogP contribution >= 0.6 is 11.3 Å². The van der Waals surface area contributed by atoms with Crippen molar-refractivity contribution in [3.8, 4) is 17.3 Å². The number of hydrogen-bond acceptors (Lipinski definition) is 7. The topological polar surface area (TPSA) is 68.1 Å². The molecule has 5 rings (SSSR count). The molecule has 33 heavy (non-hydrogen) atoms. The number of nitrogens with one attached hydrogen (secondary N) is 1. The number of nitrogens with zero attached hydrogens (tertiary/aromatic N) is 5. The Morgan fingerprint density at radius 2 is 1.97 bits per heavy atom. The average Bonchev–Trinajstić information content (AvgIpc) is 3.29. The lowest BCUT2D eigenvalue weighted by Gasteiger charge is -2.34. The molecule has 1 N–H and O–H groups in total. The Hall–Kier alpha value is -3.54. The molecule has 1 saturated heterocycles. The molecule has 8 heteroatoms. The first-order valence-electron chi connectivity index (χ1n) is 10.8. The Morgan fingerprint density at radius 1 is 1.12 bits per heavy atom. The summed E-state index contributed by atoms with van der Waals surface area (Å²) in [6, 6.07) is 17.2. The summed E-state index contributed by atoms with van der Waals surface area (Å²) in [7, 11) is 2.08. The molecule has 3 heterocycles. The van der Waals surface area contributed by atoms with Gasteiger partial charge in [-0.1, -0.05) is 18.2 Å². The van der Waals surface area contributed by atoms with Crippen molar-refractivity contribution in [2.45, 2.75) is 6.42 Å². The molecule has 4 aromatic rings. The number of piperazine rings is 1. The van der Waals surface area contributed by atoms with E-state index in [1.54, 1.807) is 0 Å². The molecule has 2 aromatic carbocycles. The van der Waals surface area contributed by atoms with Crippen molar-refractivity contribution in [3.63, 3.8) is 0 Å². The molecule has 1 fully saturated rings. The maximum absolute atomic E-state index is 14.9. The highest BCUT2D eigenvalue weighted by molar-refractivity contribution is 7.16. The fourth-order valence-electron chi connectivity index (χ4n) is 4.07. The first-order valence-corrected chi connectivity index (χ1v) is 11.7. The molecule has 6 nitrogen and oxygen atoms in total. The zero-order valence-corrected chi connectivity index (χ0v) is 19.1. The highest BCUT2D eigenvalue weighted by Gasteiger charge is 2.18. The van der Waals surface area contributed by atoms with Crippen LogP contribution in [0.5, 0.6) is 0 Å². The highest BCUT2D eigenvalue weighted by atomic mass is 32.1. The third kappa shape index (κ3) is 4.51. The van der Waals surface area contributed by atoms with Gasteiger partial charge in [0.05, 0.1) is 23.9 Å². The second-order valence-electron chi connectivity index (χ2n) is 8.15. The van der Waals surface area contributed by atoms with Gasteiger partial charge in [-0.3, -0.25) is 0 Å². The van der Waals surface area contributed by atoms with Gasteiger partial charge >= 0.3 is 0 Å². The van der Waals surface area contributed by atoms with Crippen LogP contribution in [0.2, 0.25) is 0 Å². The minimum atomic E-state index is -0.258. The molecule has 0 saturated carbocycles. The van der Waals surface area contributed by atoms with Gasteiger partial charge in [0, 0.05) is 44.2 Å². The van der Waals surface area contributed by atoms with Gasteiger partial charge in [-0.25, -0.2) is 14.4 Å². The van der Waals surface area contributed by atoms with Crippen LogP contribution in [0.3, 0.4) is 0 Å². The van der Waals surface area contributed by atoms with E-state index in [4.69, 9.17) is 10.2 Å². The Labute approximate surface area is 197 Å². The van der Waals surface area contributed by atoms with E-state index in [0.717, 1.165) is 53.2 Å². The molecule has 0 spiro atoms. The average molecular weight is 461 g/mol. The third-order valence-electron chi connectivity index (χ3n) is 5.86. The largest absolute Gasteiger partial charge is 0.367 e. The minimum absolute atomic E-state index is 0. The summed E-state index contributed by atoms with van der Waals surface area (Å²) < 4.78 is 14.9. The van der Waals surface area contributed by atoms with E-state index in [0.29, 0.717) is 23.7 Å². The summed E-state index contributed by atoms with van der Waals surface area (Å²) in [5.41, 5.74) is 3.88. The standard InChI is InChI=1S/C25H23FN6S.H2/c1-31-10-12-32(13-11-31)22-6-5-19(16-21(22)26)28-25-29-23(20-8-14-33-24(20)30-25)18-4-2-3-17(15-18)7-9-27;/h2-6,8,14-16H,7,10-13H2,1H3,(H,28,29,30);1H. The van der Waals surface area contributed by atoms with Crippen molar-refractivity contribution in [2.75, 3.05) is 43.4 Å². The number of hydrogen-bond donors (Lipinski definition) is 1. The predicted molar refractivity (Wildman–Crippen MR) is 134 cm³/mol. The van der Waals surface area contributed by atoms with Gasteiger partial charge < -0.3 is 15.1 Å². The van der Waals surface area contributed by atoms with Crippen LogP contribution in [0, 0.1) is 17.1 Å². The van der Waals surface area contributed by atoms with E-state index in [1.807, 2.05) is 47.8 Å². The number of halogens is 1. The fraction of sp³-hybridized carbons (Fsp3) is 0.240. The van der Waals surface area contributed by atoms with Crippen molar-refractivity contribution in [1.82, 2.24) is 14.9 Å². The quantitative estimate of drug-likeness (QED) is 0.436. The molecule has 0 bridgehead atoms. The second-order valence-corrected chi connectivity index (χ2v) is 9.05. The van der Waals surface area contributed by atoms with Gasteiger partial charge in [0.15, 0.2) is 0 Å². The highest BCUT2D eigenvalue weighted by Crippen LogP contribution is 2.32. The van der Waals surface area contributed by atoms with Crippen LogP contribution < -0.4 is 10.2 Å². The van der Waals surface area contributed by atoms with Crippen LogP contribution in [-0.2, 0) is 6.42 Å². The van der Waals surface area contributed by atoms with E-state index in [1.165, 1.54) is 17.4 Å². The van der Waals surface area contributed by atoms with Gasteiger partial charge in [0.1, 0.15) is 10.6 Å². The third-order valence-corrected chi connectivity index (χ3v) is 6.66. The van der Waals surface area contributed by atoms with Crippen molar-refractivity contribution >= 4 is 38.9 Å². The van der Waals surface area contributed by atoms with E-state index < -0.39 is 0 Å². The van der Waals surface area contributed by atoms with Crippen LogP contribution in [0.1, 0.15) is 6.99 Å². The lowest BCUT2D eigenvalue weighted by molar-refractivity contribution is 0.311. The van der Waals surface area contributed by atoms with Crippen LogP contribution in [0.15, 0.2) is 53.9 Å². The molecule has 0 unspecified atom stereocenters. The smallest absolute Gasteiger partial charge is 0.229 e. The Morgan fingerprint density at radius 3 is 2.76 bits per heavy atom.